The topological polar surface area (TPSA) is 9.86 Å². The van der Waals surface area contributed by atoms with Gasteiger partial charge in [0, 0.05) is 33.5 Å². The van der Waals surface area contributed by atoms with Crippen LogP contribution in [0, 0.1) is 0 Å². The molecule has 0 unspecified atom stereocenters. The monoisotopic (exact) mass is 568 g/mol. The van der Waals surface area contributed by atoms with Crippen molar-refractivity contribution in [2.24, 2.45) is 0 Å². The van der Waals surface area contributed by atoms with Gasteiger partial charge in [0.05, 0.1) is 11.0 Å². The third-order valence-electron chi connectivity index (χ3n) is 10.2. The van der Waals surface area contributed by atoms with Crippen LogP contribution in [0.25, 0.3) is 55.4 Å². The van der Waals surface area contributed by atoms with Gasteiger partial charge in [0.15, 0.2) is 0 Å². The van der Waals surface area contributed by atoms with E-state index in [1.165, 1.54) is 118 Å². The summed E-state index contributed by atoms with van der Waals surface area (Å²) in [5.41, 5.74) is 16.3. The molecule has 2 nitrogen and oxygen atoms in total. The molecule has 2 heterocycles. The summed E-state index contributed by atoms with van der Waals surface area (Å²) in [6.07, 6.45) is 9.88. The van der Waals surface area contributed by atoms with Crippen molar-refractivity contribution in [2.75, 3.05) is 0 Å². The molecule has 2 aromatic heterocycles. The van der Waals surface area contributed by atoms with Gasteiger partial charge in [-0.3, -0.25) is 0 Å². The molecule has 0 atom stereocenters. The average molecular weight is 569 g/mol. The SMILES string of the molecule is c1ccc2c(c1)c1c(n2-c2ccc(-c3ccc(-c4ccc(-n5c6c(c7ccccc75)CCCC6)cc4)cc3)cc2)CCCC1. The lowest BCUT2D eigenvalue weighted by atomic mass is 9.95. The Morgan fingerprint density at radius 2 is 0.682 bits per heavy atom. The Morgan fingerprint density at radius 1 is 0.341 bits per heavy atom. The fourth-order valence-electron chi connectivity index (χ4n) is 8.04. The molecule has 0 N–H and O–H groups in total. The second-order valence-corrected chi connectivity index (χ2v) is 12.6. The van der Waals surface area contributed by atoms with Crippen LogP contribution in [0.5, 0.6) is 0 Å². The van der Waals surface area contributed by atoms with Crippen molar-refractivity contribution in [3.05, 3.63) is 144 Å². The summed E-state index contributed by atoms with van der Waals surface area (Å²) in [6.45, 7) is 0. The zero-order valence-electron chi connectivity index (χ0n) is 25.1. The van der Waals surface area contributed by atoms with E-state index in [0.29, 0.717) is 0 Å². The number of aryl methyl sites for hydroxylation is 2. The molecule has 0 spiro atoms. The van der Waals surface area contributed by atoms with Gasteiger partial charge in [-0.25, -0.2) is 0 Å². The van der Waals surface area contributed by atoms with Gasteiger partial charge in [0.1, 0.15) is 0 Å². The third kappa shape index (κ3) is 4.08. The molecular weight excluding hydrogens is 532 g/mol. The van der Waals surface area contributed by atoms with Crippen LogP contribution in [0.1, 0.15) is 48.2 Å². The molecule has 214 valence electrons. The molecule has 0 saturated carbocycles. The van der Waals surface area contributed by atoms with Gasteiger partial charge < -0.3 is 9.13 Å². The molecule has 0 amide bonds. The Kier molecular flexibility index (Phi) is 6.07. The molecule has 2 heteroatoms. The van der Waals surface area contributed by atoms with E-state index >= 15 is 0 Å². The number of para-hydroxylation sites is 2. The lowest BCUT2D eigenvalue weighted by Crippen LogP contribution is -2.06. The largest absolute Gasteiger partial charge is 0.313 e. The van der Waals surface area contributed by atoms with Crippen LogP contribution in [0.2, 0.25) is 0 Å². The van der Waals surface area contributed by atoms with E-state index in [1.807, 2.05) is 0 Å². The number of rotatable bonds is 4. The van der Waals surface area contributed by atoms with Crippen molar-refractivity contribution >= 4 is 21.8 Å². The van der Waals surface area contributed by atoms with Gasteiger partial charge in [0.2, 0.25) is 0 Å². The summed E-state index contributed by atoms with van der Waals surface area (Å²) in [4.78, 5) is 0. The van der Waals surface area contributed by atoms with Gasteiger partial charge >= 0.3 is 0 Å². The van der Waals surface area contributed by atoms with Crippen LogP contribution in [0.15, 0.2) is 121 Å². The molecular formula is C42H36N2. The molecule has 2 aliphatic carbocycles. The highest BCUT2D eigenvalue weighted by atomic mass is 15.0. The van der Waals surface area contributed by atoms with Gasteiger partial charge in [-0.1, -0.05) is 84.9 Å². The molecule has 5 aromatic carbocycles. The minimum Gasteiger partial charge on any atom is -0.313 e. The summed E-state index contributed by atoms with van der Waals surface area (Å²) >= 11 is 0. The quantitative estimate of drug-likeness (QED) is 0.200. The van der Waals surface area contributed by atoms with E-state index < -0.39 is 0 Å². The lowest BCUT2D eigenvalue weighted by molar-refractivity contribution is 0.667. The maximum absolute atomic E-state index is 2.51. The molecule has 2 aliphatic rings. The fourth-order valence-corrected chi connectivity index (χ4v) is 8.04. The van der Waals surface area contributed by atoms with E-state index in [1.54, 1.807) is 11.1 Å². The van der Waals surface area contributed by atoms with Crippen LogP contribution in [-0.2, 0) is 25.7 Å². The van der Waals surface area contributed by atoms with Crippen LogP contribution >= 0.6 is 0 Å². The Hall–Kier alpha value is -4.82. The Morgan fingerprint density at radius 3 is 1.09 bits per heavy atom. The normalized spacial score (nSPS) is 14.5. The van der Waals surface area contributed by atoms with E-state index in [9.17, 15) is 0 Å². The Bertz CT molecular complexity index is 1980. The first-order valence-electron chi connectivity index (χ1n) is 16.4. The van der Waals surface area contributed by atoms with Crippen LogP contribution in [0.3, 0.4) is 0 Å². The highest BCUT2D eigenvalue weighted by Crippen LogP contribution is 2.37. The van der Waals surface area contributed by atoms with E-state index in [2.05, 4.69) is 130 Å². The first-order chi connectivity index (χ1) is 21.8. The number of fused-ring (bicyclic) bond motifs is 6. The maximum Gasteiger partial charge on any atom is 0.0534 e. The molecule has 0 aliphatic heterocycles. The van der Waals surface area contributed by atoms with Crippen molar-refractivity contribution in [1.29, 1.82) is 0 Å². The average Bonchev–Trinajstić information content (AvgIpc) is 3.62. The minimum absolute atomic E-state index is 1.17. The van der Waals surface area contributed by atoms with Crippen LogP contribution in [-0.4, -0.2) is 9.13 Å². The number of benzene rings is 5. The predicted molar refractivity (Wildman–Crippen MR) is 184 cm³/mol. The van der Waals surface area contributed by atoms with Gasteiger partial charge in [-0.2, -0.15) is 0 Å². The van der Waals surface area contributed by atoms with E-state index in [4.69, 9.17) is 0 Å². The van der Waals surface area contributed by atoms with Gasteiger partial charge in [0.25, 0.3) is 0 Å². The molecule has 9 rings (SSSR count). The van der Waals surface area contributed by atoms with Crippen molar-refractivity contribution in [3.63, 3.8) is 0 Å². The maximum atomic E-state index is 2.51. The number of hydrogen-bond acceptors (Lipinski definition) is 0. The first-order valence-corrected chi connectivity index (χ1v) is 16.4. The summed E-state index contributed by atoms with van der Waals surface area (Å²) in [5.74, 6) is 0. The number of nitrogens with zero attached hydrogens (tertiary/aromatic N) is 2. The standard InChI is InChI=1S/C42H36N2/c1-5-13-39-35(9-1)36-10-2-6-14-40(36)43(39)33-25-21-31(22-26-33)29-17-19-30(20-18-29)32-23-27-34(28-24-32)44-41-15-7-3-11-37(41)38-12-4-8-16-42(38)44/h1,3,5,7,9,11,13,15,17-28H,2,4,6,8,10,12,14,16H2. The second-order valence-electron chi connectivity index (χ2n) is 12.6. The van der Waals surface area contributed by atoms with Crippen molar-refractivity contribution in [1.82, 2.24) is 9.13 Å². The zero-order valence-corrected chi connectivity index (χ0v) is 25.1. The summed E-state index contributed by atoms with van der Waals surface area (Å²) in [6, 6.07) is 45.2. The van der Waals surface area contributed by atoms with Crippen LogP contribution in [0.4, 0.5) is 0 Å². The molecule has 0 radical (unpaired) electrons. The first kappa shape index (κ1) is 25.7. The van der Waals surface area contributed by atoms with Crippen LogP contribution < -0.4 is 0 Å². The lowest BCUT2D eigenvalue weighted by Gasteiger charge is -2.17. The molecule has 0 bridgehead atoms. The highest BCUT2D eigenvalue weighted by Gasteiger charge is 2.22. The predicted octanol–water partition coefficient (Wildman–Crippen LogP) is 10.7. The summed E-state index contributed by atoms with van der Waals surface area (Å²) in [5, 5.41) is 2.85. The minimum atomic E-state index is 1.17. The molecule has 7 aromatic rings. The molecule has 0 saturated heterocycles. The van der Waals surface area contributed by atoms with Gasteiger partial charge in [-0.05, 0) is 121 Å². The highest BCUT2D eigenvalue weighted by molar-refractivity contribution is 5.89. The smallest absolute Gasteiger partial charge is 0.0534 e. The van der Waals surface area contributed by atoms with Crippen molar-refractivity contribution < 1.29 is 0 Å². The Labute approximate surface area is 259 Å². The van der Waals surface area contributed by atoms with E-state index in [-0.39, 0.29) is 0 Å². The number of aromatic nitrogens is 2. The van der Waals surface area contributed by atoms with E-state index in [0.717, 1.165) is 0 Å². The summed E-state index contributed by atoms with van der Waals surface area (Å²) in [7, 11) is 0. The zero-order chi connectivity index (χ0) is 29.0. The van der Waals surface area contributed by atoms with Crippen molar-refractivity contribution in [2.45, 2.75) is 51.4 Å². The fraction of sp³-hybridized carbons (Fsp3) is 0.190. The summed E-state index contributed by atoms with van der Waals surface area (Å²) < 4.78 is 5.01. The second kappa shape index (κ2) is 10.4. The van der Waals surface area contributed by atoms with Gasteiger partial charge in [-0.15, -0.1) is 0 Å². The molecule has 0 fully saturated rings. The Balaban J connectivity index is 0.997. The number of hydrogen-bond donors (Lipinski definition) is 0. The third-order valence-corrected chi connectivity index (χ3v) is 10.2. The van der Waals surface area contributed by atoms with Crippen molar-refractivity contribution in [3.8, 4) is 33.6 Å². The molecule has 44 heavy (non-hydrogen) atoms.